The molecule has 17 heavy (non-hydrogen) atoms. The summed E-state index contributed by atoms with van der Waals surface area (Å²) in [5, 5.41) is 2.78. The van der Waals surface area contributed by atoms with Crippen LogP contribution in [-0.4, -0.2) is 24.9 Å². The first-order chi connectivity index (χ1) is 8.13. The second kappa shape index (κ2) is 6.75. The van der Waals surface area contributed by atoms with Crippen LogP contribution < -0.4 is 5.32 Å². The van der Waals surface area contributed by atoms with Crippen molar-refractivity contribution in [2.24, 2.45) is 4.99 Å². The van der Waals surface area contributed by atoms with Crippen LogP contribution in [0, 0.1) is 0 Å². The predicted molar refractivity (Wildman–Crippen MR) is 65.3 cm³/mol. The zero-order chi connectivity index (χ0) is 12.7. The molecule has 92 valence electrons. The van der Waals surface area contributed by atoms with Gasteiger partial charge in [-0.25, -0.2) is 0 Å². The molecule has 0 aromatic rings. The Bertz CT molecular complexity index is 400. The van der Waals surface area contributed by atoms with Crippen LogP contribution in [0.4, 0.5) is 0 Å². The number of methoxy groups -OCH3 is 1. The van der Waals surface area contributed by atoms with Gasteiger partial charge >= 0.3 is 5.97 Å². The number of allylic oxidation sites excluding steroid dienone is 2. The van der Waals surface area contributed by atoms with Crippen LogP contribution in [0.25, 0.3) is 0 Å². The van der Waals surface area contributed by atoms with E-state index in [4.69, 9.17) is 21.1 Å². The molecule has 0 fully saturated rings. The molecule has 0 bridgehead atoms. The summed E-state index contributed by atoms with van der Waals surface area (Å²) in [6.07, 6.45) is 7.79. The van der Waals surface area contributed by atoms with Crippen LogP contribution in [0.2, 0.25) is 0 Å². The van der Waals surface area contributed by atoms with E-state index in [-0.39, 0.29) is 5.76 Å². The first-order valence-corrected chi connectivity index (χ1v) is 5.30. The van der Waals surface area contributed by atoms with Gasteiger partial charge in [0.05, 0.1) is 13.4 Å². The molecule has 0 saturated carbocycles. The highest BCUT2D eigenvalue weighted by Gasteiger charge is 2.07. The highest BCUT2D eigenvalue weighted by atomic mass is 35.5. The van der Waals surface area contributed by atoms with Crippen molar-refractivity contribution in [2.45, 2.75) is 12.4 Å². The molecule has 0 spiro atoms. The Hall–Kier alpha value is -1.75. The first-order valence-electron chi connectivity index (χ1n) is 4.86. The maximum atomic E-state index is 11.0. The Morgan fingerprint density at radius 3 is 2.88 bits per heavy atom. The van der Waals surface area contributed by atoms with Gasteiger partial charge in [-0.3, -0.25) is 9.79 Å². The summed E-state index contributed by atoms with van der Waals surface area (Å²) in [6, 6.07) is 0. The Labute approximate surface area is 104 Å². The summed E-state index contributed by atoms with van der Waals surface area (Å²) in [7, 11) is 1.48. The van der Waals surface area contributed by atoms with Gasteiger partial charge in [0, 0.05) is 19.2 Å². The zero-order valence-electron chi connectivity index (χ0n) is 9.51. The number of esters is 1. The lowest BCUT2D eigenvalue weighted by Gasteiger charge is -2.09. The molecule has 0 saturated heterocycles. The smallest absolute Gasteiger partial charge is 0.308 e. The van der Waals surface area contributed by atoms with Crippen molar-refractivity contribution in [2.75, 3.05) is 7.11 Å². The lowest BCUT2D eigenvalue weighted by atomic mass is 10.3. The van der Waals surface area contributed by atoms with Crippen LogP contribution in [0.1, 0.15) is 6.92 Å². The molecular weight excluding hydrogens is 244 g/mol. The Balaban J connectivity index is 3.05. The molecule has 1 rings (SSSR count). The molecule has 1 unspecified atom stereocenters. The van der Waals surface area contributed by atoms with Gasteiger partial charge in [0.2, 0.25) is 0 Å². The van der Waals surface area contributed by atoms with Crippen LogP contribution in [0.3, 0.4) is 0 Å². The fraction of sp³-hybridized carbons (Fsp3) is 0.273. The summed E-state index contributed by atoms with van der Waals surface area (Å²) >= 11 is 5.86. The van der Waals surface area contributed by atoms with Crippen molar-refractivity contribution in [3.63, 3.8) is 0 Å². The molecule has 0 amide bonds. The molecule has 1 N–H and O–H groups in total. The monoisotopic (exact) mass is 256 g/mol. The van der Waals surface area contributed by atoms with Gasteiger partial charge in [0.15, 0.2) is 11.5 Å². The van der Waals surface area contributed by atoms with Gasteiger partial charge in [0.1, 0.15) is 5.50 Å². The SMILES string of the molecule is COC1=C(OC(C)=O)C=CC(Cl)N=CNC=C1. The largest absolute Gasteiger partial charge is 0.493 e. The minimum absolute atomic E-state index is 0.279. The Morgan fingerprint density at radius 2 is 2.24 bits per heavy atom. The highest BCUT2D eigenvalue weighted by Crippen LogP contribution is 2.13. The van der Waals surface area contributed by atoms with Gasteiger partial charge in [-0.05, 0) is 12.2 Å². The van der Waals surface area contributed by atoms with Crippen molar-refractivity contribution in [1.29, 1.82) is 0 Å². The maximum Gasteiger partial charge on any atom is 0.308 e. The van der Waals surface area contributed by atoms with Crippen LogP contribution in [0.5, 0.6) is 0 Å². The topological polar surface area (TPSA) is 59.9 Å². The van der Waals surface area contributed by atoms with Gasteiger partial charge in [-0.1, -0.05) is 11.6 Å². The predicted octanol–water partition coefficient (Wildman–Crippen LogP) is 1.67. The fourth-order valence-electron chi connectivity index (χ4n) is 1.07. The lowest BCUT2D eigenvalue weighted by Crippen LogP contribution is -2.07. The standard InChI is InChI=1S/C11H13ClN2O3/c1-8(15)17-10-3-4-11(12)14-7-13-6-5-9(10)16-2/h3-7,11H,1-2H3,(H,13,14). The normalized spacial score (nSPS) is 19.8. The van der Waals surface area contributed by atoms with E-state index in [1.54, 1.807) is 24.4 Å². The number of nitrogens with one attached hydrogen (secondary N) is 1. The molecule has 1 aliphatic heterocycles. The van der Waals surface area contributed by atoms with E-state index in [0.717, 1.165) is 0 Å². The minimum atomic E-state index is -0.544. The molecule has 6 heteroatoms. The first kappa shape index (κ1) is 13.3. The molecule has 1 aliphatic rings. The number of alkyl halides is 1. The van der Waals surface area contributed by atoms with E-state index in [1.807, 2.05) is 0 Å². The summed E-state index contributed by atoms with van der Waals surface area (Å²) in [5.74, 6) is 0.246. The molecule has 0 radical (unpaired) electrons. The number of carbonyl (C=O) groups excluding carboxylic acids is 1. The lowest BCUT2D eigenvalue weighted by molar-refractivity contribution is -0.136. The molecule has 0 aromatic heterocycles. The number of hydrogen-bond acceptors (Lipinski definition) is 5. The average molecular weight is 257 g/mol. The number of carbonyl (C=O) groups is 1. The van der Waals surface area contributed by atoms with Crippen molar-refractivity contribution in [3.05, 3.63) is 35.9 Å². The van der Waals surface area contributed by atoms with Crippen molar-refractivity contribution in [1.82, 2.24) is 5.32 Å². The number of aliphatic imine (C=N–C) groups is 1. The Kier molecular flexibility index (Phi) is 5.29. The third-order valence-corrected chi connectivity index (χ3v) is 2.00. The van der Waals surface area contributed by atoms with E-state index in [1.165, 1.54) is 20.4 Å². The highest BCUT2D eigenvalue weighted by molar-refractivity contribution is 6.21. The van der Waals surface area contributed by atoms with Gasteiger partial charge in [0.25, 0.3) is 0 Å². The van der Waals surface area contributed by atoms with Gasteiger partial charge in [-0.15, -0.1) is 0 Å². The third kappa shape index (κ3) is 4.74. The summed E-state index contributed by atoms with van der Waals surface area (Å²) < 4.78 is 10.1. The van der Waals surface area contributed by atoms with Crippen LogP contribution in [0.15, 0.2) is 40.9 Å². The quantitative estimate of drug-likeness (QED) is 0.464. The number of nitrogens with zero attached hydrogens (tertiary/aromatic N) is 1. The molecular formula is C11H13ClN2O3. The number of halogens is 1. The fourth-order valence-corrected chi connectivity index (χ4v) is 1.20. The molecule has 0 aliphatic carbocycles. The van der Waals surface area contributed by atoms with E-state index < -0.39 is 11.5 Å². The van der Waals surface area contributed by atoms with E-state index in [0.29, 0.717) is 5.76 Å². The zero-order valence-corrected chi connectivity index (χ0v) is 10.3. The molecule has 1 atom stereocenters. The second-order valence-corrected chi connectivity index (χ2v) is 3.48. The van der Waals surface area contributed by atoms with E-state index in [9.17, 15) is 4.79 Å². The summed E-state index contributed by atoms with van der Waals surface area (Å²) in [5.41, 5.74) is -0.544. The van der Waals surface area contributed by atoms with Crippen molar-refractivity contribution >= 4 is 23.9 Å². The number of rotatable bonds is 2. The van der Waals surface area contributed by atoms with Crippen molar-refractivity contribution < 1.29 is 14.3 Å². The van der Waals surface area contributed by atoms with E-state index in [2.05, 4.69) is 10.3 Å². The minimum Gasteiger partial charge on any atom is -0.493 e. The molecule has 5 nitrogen and oxygen atoms in total. The summed E-state index contributed by atoms with van der Waals surface area (Å²) in [6.45, 7) is 1.31. The van der Waals surface area contributed by atoms with Crippen molar-refractivity contribution in [3.8, 4) is 0 Å². The number of ether oxygens (including phenoxy) is 2. The van der Waals surface area contributed by atoms with Crippen LogP contribution in [-0.2, 0) is 14.3 Å². The maximum absolute atomic E-state index is 11.0. The van der Waals surface area contributed by atoms with Crippen LogP contribution >= 0.6 is 11.6 Å². The average Bonchev–Trinajstić information content (AvgIpc) is 2.29. The second-order valence-electron chi connectivity index (χ2n) is 3.04. The molecule has 0 aromatic carbocycles. The number of hydrogen-bond donors (Lipinski definition) is 1. The van der Waals surface area contributed by atoms with Gasteiger partial charge in [-0.2, -0.15) is 0 Å². The third-order valence-electron chi connectivity index (χ3n) is 1.75. The Morgan fingerprint density at radius 1 is 1.47 bits per heavy atom. The molecule has 1 heterocycles. The van der Waals surface area contributed by atoms with E-state index >= 15 is 0 Å². The summed E-state index contributed by atoms with van der Waals surface area (Å²) in [4.78, 5) is 14.9. The van der Waals surface area contributed by atoms with Gasteiger partial charge < -0.3 is 14.8 Å².